The summed E-state index contributed by atoms with van der Waals surface area (Å²) in [4.78, 5) is 28.4. The third-order valence-electron chi connectivity index (χ3n) is 4.06. The minimum Gasteiger partial charge on any atom is -0.346 e. The molecule has 6 heteroatoms. The van der Waals surface area contributed by atoms with Gasteiger partial charge >= 0.3 is 0 Å². The molecule has 0 aromatic carbocycles. The van der Waals surface area contributed by atoms with Crippen LogP contribution in [0.25, 0.3) is 0 Å². The zero-order chi connectivity index (χ0) is 17.9. The van der Waals surface area contributed by atoms with Gasteiger partial charge in [-0.2, -0.15) is 5.10 Å². The number of ketones is 1. The number of nitrogens with one attached hydrogen (secondary N) is 1. The van der Waals surface area contributed by atoms with E-state index in [1.165, 1.54) is 6.92 Å². The molecule has 0 spiro atoms. The third kappa shape index (κ3) is 3.88. The van der Waals surface area contributed by atoms with Crippen molar-refractivity contribution in [2.75, 3.05) is 0 Å². The van der Waals surface area contributed by atoms with Crippen molar-refractivity contribution in [1.29, 1.82) is 0 Å². The number of nitrogens with zero attached hydrogens (tertiary/aromatic N) is 3. The van der Waals surface area contributed by atoms with Gasteiger partial charge in [-0.05, 0) is 45.7 Å². The smallest absolute Gasteiger partial charge is 0.242 e. The standard InChI is InChI=1S/C18H24N4O2/c1-6-15(16-8-7-11(2)9-19-16)20-17(24)10-22-13(4)18(14(5)23)12(3)21-22/h7-9,15H,6,10H2,1-5H3,(H,20,24). The monoisotopic (exact) mass is 328 g/mol. The second-order valence-corrected chi connectivity index (χ2v) is 6.05. The fraction of sp³-hybridized carbons (Fsp3) is 0.444. The molecule has 1 unspecified atom stereocenters. The molecule has 0 saturated carbocycles. The van der Waals surface area contributed by atoms with Crippen LogP contribution >= 0.6 is 0 Å². The van der Waals surface area contributed by atoms with Crippen molar-refractivity contribution >= 4 is 11.7 Å². The molecule has 0 fully saturated rings. The van der Waals surface area contributed by atoms with Gasteiger partial charge in [0.1, 0.15) is 6.54 Å². The Morgan fingerprint density at radius 2 is 1.96 bits per heavy atom. The van der Waals surface area contributed by atoms with Crippen molar-refractivity contribution in [1.82, 2.24) is 20.1 Å². The second kappa shape index (κ2) is 7.38. The van der Waals surface area contributed by atoms with E-state index in [-0.39, 0.29) is 24.3 Å². The van der Waals surface area contributed by atoms with Crippen LogP contribution in [-0.2, 0) is 11.3 Å². The molecule has 2 heterocycles. The van der Waals surface area contributed by atoms with Crippen LogP contribution in [0.1, 0.15) is 59.3 Å². The molecule has 1 N–H and O–H groups in total. The van der Waals surface area contributed by atoms with Crippen molar-refractivity contribution in [3.8, 4) is 0 Å². The molecule has 24 heavy (non-hydrogen) atoms. The molecule has 2 aromatic rings. The molecule has 2 rings (SSSR count). The summed E-state index contributed by atoms with van der Waals surface area (Å²) >= 11 is 0. The summed E-state index contributed by atoms with van der Waals surface area (Å²) in [5.74, 6) is -0.183. The molecule has 1 amide bonds. The van der Waals surface area contributed by atoms with Gasteiger partial charge in [0, 0.05) is 11.9 Å². The fourth-order valence-electron chi connectivity index (χ4n) is 2.81. The number of hydrogen-bond donors (Lipinski definition) is 1. The van der Waals surface area contributed by atoms with E-state index in [4.69, 9.17) is 0 Å². The maximum Gasteiger partial charge on any atom is 0.242 e. The van der Waals surface area contributed by atoms with Gasteiger partial charge in [-0.25, -0.2) is 0 Å². The van der Waals surface area contributed by atoms with E-state index in [2.05, 4.69) is 15.4 Å². The molecule has 0 radical (unpaired) electrons. The average molecular weight is 328 g/mol. The van der Waals surface area contributed by atoms with Gasteiger partial charge in [-0.3, -0.25) is 19.3 Å². The number of rotatable bonds is 6. The average Bonchev–Trinajstić information content (AvgIpc) is 2.80. The van der Waals surface area contributed by atoms with Gasteiger partial charge in [0.25, 0.3) is 0 Å². The number of pyridine rings is 1. The number of Topliss-reactive ketones (excluding diaryl/α,β-unsaturated/α-hetero) is 1. The van der Waals surface area contributed by atoms with Crippen LogP contribution < -0.4 is 5.32 Å². The van der Waals surface area contributed by atoms with Crippen LogP contribution in [0, 0.1) is 20.8 Å². The van der Waals surface area contributed by atoms with Crippen molar-refractivity contribution < 1.29 is 9.59 Å². The van der Waals surface area contributed by atoms with Gasteiger partial charge in [-0.15, -0.1) is 0 Å². The number of carbonyl (C=O) groups excluding carboxylic acids is 2. The Labute approximate surface area is 142 Å². The van der Waals surface area contributed by atoms with Crippen LogP contribution in [0.2, 0.25) is 0 Å². The Kier molecular flexibility index (Phi) is 5.49. The Balaban J connectivity index is 2.11. The Morgan fingerprint density at radius 3 is 2.46 bits per heavy atom. The van der Waals surface area contributed by atoms with Crippen LogP contribution in [0.4, 0.5) is 0 Å². The summed E-state index contributed by atoms with van der Waals surface area (Å²) < 4.78 is 1.58. The van der Waals surface area contributed by atoms with E-state index >= 15 is 0 Å². The second-order valence-electron chi connectivity index (χ2n) is 6.05. The Hall–Kier alpha value is -2.50. The summed E-state index contributed by atoms with van der Waals surface area (Å²) in [5, 5.41) is 7.30. The van der Waals surface area contributed by atoms with Crippen molar-refractivity contribution in [3.05, 3.63) is 46.5 Å². The molecule has 1 atom stereocenters. The summed E-state index contributed by atoms with van der Waals surface area (Å²) in [6, 6.07) is 3.78. The molecular weight excluding hydrogens is 304 g/mol. The van der Waals surface area contributed by atoms with E-state index in [1.807, 2.05) is 32.9 Å². The predicted molar refractivity (Wildman–Crippen MR) is 91.9 cm³/mol. The molecule has 0 aliphatic rings. The lowest BCUT2D eigenvalue weighted by Crippen LogP contribution is -2.32. The molecule has 128 valence electrons. The van der Waals surface area contributed by atoms with Crippen LogP contribution in [0.3, 0.4) is 0 Å². The molecule has 0 bridgehead atoms. The van der Waals surface area contributed by atoms with E-state index in [9.17, 15) is 9.59 Å². The van der Waals surface area contributed by atoms with Gasteiger partial charge in [-0.1, -0.05) is 13.0 Å². The number of aromatic nitrogens is 3. The van der Waals surface area contributed by atoms with E-state index in [1.54, 1.807) is 17.8 Å². The molecular formula is C18H24N4O2. The quantitative estimate of drug-likeness (QED) is 0.827. The molecule has 6 nitrogen and oxygen atoms in total. The number of hydrogen-bond acceptors (Lipinski definition) is 4. The van der Waals surface area contributed by atoms with Gasteiger partial charge in [0.05, 0.1) is 23.0 Å². The molecule has 0 aliphatic heterocycles. The molecule has 0 saturated heterocycles. The summed E-state index contributed by atoms with van der Waals surface area (Å²) in [5.41, 5.74) is 3.89. The maximum atomic E-state index is 12.4. The first-order chi connectivity index (χ1) is 11.3. The Morgan fingerprint density at radius 1 is 1.25 bits per heavy atom. The normalized spacial score (nSPS) is 12.0. The maximum absolute atomic E-state index is 12.4. The van der Waals surface area contributed by atoms with E-state index < -0.39 is 0 Å². The lowest BCUT2D eigenvalue weighted by atomic mass is 10.1. The minimum absolute atomic E-state index is 0.0352. The lowest BCUT2D eigenvalue weighted by molar-refractivity contribution is -0.122. The van der Waals surface area contributed by atoms with Gasteiger partial charge in [0.2, 0.25) is 5.91 Å². The van der Waals surface area contributed by atoms with E-state index in [0.29, 0.717) is 11.3 Å². The zero-order valence-corrected chi connectivity index (χ0v) is 14.9. The van der Waals surface area contributed by atoms with Crippen molar-refractivity contribution in [2.24, 2.45) is 0 Å². The number of carbonyl (C=O) groups is 2. The summed E-state index contributed by atoms with van der Waals surface area (Å²) in [6.45, 7) is 9.17. The van der Waals surface area contributed by atoms with Crippen molar-refractivity contribution in [3.63, 3.8) is 0 Å². The molecule has 2 aromatic heterocycles. The van der Waals surface area contributed by atoms with Crippen LogP contribution in [0.15, 0.2) is 18.3 Å². The van der Waals surface area contributed by atoms with Crippen LogP contribution in [-0.4, -0.2) is 26.5 Å². The summed E-state index contributed by atoms with van der Waals surface area (Å²) in [6.07, 6.45) is 2.54. The largest absolute Gasteiger partial charge is 0.346 e. The SMILES string of the molecule is CCC(NC(=O)Cn1nc(C)c(C(C)=O)c1C)c1ccc(C)cn1. The van der Waals surface area contributed by atoms with E-state index in [0.717, 1.165) is 23.4 Å². The highest BCUT2D eigenvalue weighted by Crippen LogP contribution is 2.16. The third-order valence-corrected chi connectivity index (χ3v) is 4.06. The highest BCUT2D eigenvalue weighted by molar-refractivity contribution is 5.96. The molecule has 0 aliphatic carbocycles. The Bertz CT molecular complexity index is 747. The first kappa shape index (κ1) is 17.8. The number of amides is 1. The highest BCUT2D eigenvalue weighted by Gasteiger charge is 2.19. The van der Waals surface area contributed by atoms with Gasteiger partial charge in [0.15, 0.2) is 5.78 Å². The predicted octanol–water partition coefficient (Wildman–Crippen LogP) is 2.67. The zero-order valence-electron chi connectivity index (χ0n) is 14.9. The summed E-state index contributed by atoms with van der Waals surface area (Å²) in [7, 11) is 0. The first-order valence-corrected chi connectivity index (χ1v) is 8.10. The minimum atomic E-state index is -0.148. The number of aryl methyl sites for hydroxylation is 2. The lowest BCUT2D eigenvalue weighted by Gasteiger charge is -2.17. The fourth-order valence-corrected chi connectivity index (χ4v) is 2.81. The first-order valence-electron chi connectivity index (χ1n) is 8.10. The topological polar surface area (TPSA) is 76.9 Å². The highest BCUT2D eigenvalue weighted by atomic mass is 16.2. The van der Waals surface area contributed by atoms with Crippen molar-refractivity contribution in [2.45, 2.75) is 53.6 Å². The van der Waals surface area contributed by atoms with Crippen LogP contribution in [0.5, 0.6) is 0 Å². The van der Waals surface area contributed by atoms with Gasteiger partial charge < -0.3 is 5.32 Å².